The second-order valence-corrected chi connectivity index (χ2v) is 6.05. The van der Waals surface area contributed by atoms with Crippen molar-refractivity contribution in [2.75, 3.05) is 13.2 Å². The number of carbonyl (C=O) groups excluding carboxylic acids is 1. The van der Waals surface area contributed by atoms with Gasteiger partial charge in [0.25, 0.3) is 0 Å². The molecule has 3 rings (SSSR count). The summed E-state index contributed by atoms with van der Waals surface area (Å²) in [6, 6.07) is 0.596. The van der Waals surface area contributed by atoms with Gasteiger partial charge in [0.05, 0.1) is 18.8 Å². The number of halogens is 1. The van der Waals surface area contributed by atoms with Crippen LogP contribution in [-0.2, 0) is 9.53 Å². The van der Waals surface area contributed by atoms with E-state index in [1.54, 1.807) is 0 Å². The molecule has 1 heterocycles. The predicted molar refractivity (Wildman–Crippen MR) is 76.3 cm³/mol. The molecule has 0 aromatic rings. The van der Waals surface area contributed by atoms with Crippen LogP contribution in [0.4, 0.5) is 0 Å². The van der Waals surface area contributed by atoms with Gasteiger partial charge in [0.15, 0.2) is 0 Å². The third-order valence-corrected chi connectivity index (χ3v) is 4.96. The zero-order chi connectivity index (χ0) is 12.5. The molecule has 4 nitrogen and oxygen atoms in total. The lowest BCUT2D eigenvalue weighted by atomic mass is 9.98. The van der Waals surface area contributed by atoms with Crippen LogP contribution in [-0.4, -0.2) is 42.1 Å². The average molecular weight is 289 g/mol. The Morgan fingerprint density at radius 3 is 2.74 bits per heavy atom. The van der Waals surface area contributed by atoms with Crippen molar-refractivity contribution < 1.29 is 9.53 Å². The van der Waals surface area contributed by atoms with Crippen LogP contribution < -0.4 is 5.73 Å². The topological polar surface area (TPSA) is 55.6 Å². The van der Waals surface area contributed by atoms with Crippen molar-refractivity contribution in [2.24, 2.45) is 11.7 Å². The summed E-state index contributed by atoms with van der Waals surface area (Å²) in [5.41, 5.74) is 6.07. The molecule has 2 aliphatic carbocycles. The van der Waals surface area contributed by atoms with Gasteiger partial charge >= 0.3 is 0 Å². The Hall–Kier alpha value is -0.320. The summed E-state index contributed by atoms with van der Waals surface area (Å²) in [4.78, 5) is 14.5. The Morgan fingerprint density at radius 1 is 1.21 bits per heavy atom. The fourth-order valence-electron chi connectivity index (χ4n) is 3.90. The standard InChI is InChI=1S/C14H24N2O2.ClH/c15-11-4-1-3-10(11)9-14(17)16-7-8-18-13-6-2-5-12(13)16;/h10-13H,1-9,15H2;1H/t10-,11+,12?,13?;/m0./s1. The summed E-state index contributed by atoms with van der Waals surface area (Å²) in [5, 5.41) is 0. The van der Waals surface area contributed by atoms with E-state index in [-0.39, 0.29) is 18.4 Å². The molecule has 110 valence electrons. The van der Waals surface area contributed by atoms with E-state index >= 15 is 0 Å². The largest absolute Gasteiger partial charge is 0.374 e. The number of fused-ring (bicyclic) bond motifs is 1. The first kappa shape index (κ1) is 15.1. The molecule has 3 aliphatic rings. The molecule has 1 amide bonds. The van der Waals surface area contributed by atoms with Crippen LogP contribution in [0.15, 0.2) is 0 Å². The van der Waals surface area contributed by atoms with Crippen LogP contribution in [0.2, 0.25) is 0 Å². The summed E-state index contributed by atoms with van der Waals surface area (Å²) >= 11 is 0. The van der Waals surface area contributed by atoms with Gasteiger partial charge in [0, 0.05) is 19.0 Å². The normalized spacial score (nSPS) is 37.8. The molecule has 2 unspecified atom stereocenters. The molecule has 19 heavy (non-hydrogen) atoms. The minimum absolute atomic E-state index is 0. The van der Waals surface area contributed by atoms with Crippen molar-refractivity contribution in [2.45, 2.75) is 63.1 Å². The zero-order valence-corrected chi connectivity index (χ0v) is 12.2. The summed E-state index contributed by atoms with van der Waals surface area (Å²) in [6.45, 7) is 1.49. The van der Waals surface area contributed by atoms with E-state index in [2.05, 4.69) is 4.90 Å². The SMILES string of the molecule is Cl.N[C@@H]1CCC[C@H]1CC(=O)N1CCOC2CCCC21. The van der Waals surface area contributed by atoms with Crippen LogP contribution >= 0.6 is 12.4 Å². The first-order valence-corrected chi connectivity index (χ1v) is 7.42. The van der Waals surface area contributed by atoms with Gasteiger partial charge in [-0.05, 0) is 38.0 Å². The van der Waals surface area contributed by atoms with E-state index in [9.17, 15) is 4.79 Å². The van der Waals surface area contributed by atoms with Crippen molar-refractivity contribution in [1.82, 2.24) is 4.90 Å². The van der Waals surface area contributed by atoms with E-state index in [1.807, 2.05) is 0 Å². The maximum atomic E-state index is 12.5. The van der Waals surface area contributed by atoms with Crippen molar-refractivity contribution in [1.29, 1.82) is 0 Å². The number of nitrogens with zero attached hydrogens (tertiary/aromatic N) is 1. The number of amides is 1. The smallest absolute Gasteiger partial charge is 0.223 e. The highest BCUT2D eigenvalue weighted by molar-refractivity contribution is 5.85. The lowest BCUT2D eigenvalue weighted by molar-refractivity contribution is -0.145. The number of rotatable bonds is 2. The molecule has 0 aromatic carbocycles. The maximum absolute atomic E-state index is 12.5. The zero-order valence-electron chi connectivity index (χ0n) is 11.4. The van der Waals surface area contributed by atoms with Crippen LogP contribution in [0.3, 0.4) is 0 Å². The van der Waals surface area contributed by atoms with Crippen molar-refractivity contribution in [3.63, 3.8) is 0 Å². The third-order valence-electron chi connectivity index (χ3n) is 4.96. The molecular formula is C14H25ClN2O2. The Labute approximate surface area is 121 Å². The fourth-order valence-corrected chi connectivity index (χ4v) is 3.90. The minimum atomic E-state index is 0. The minimum Gasteiger partial charge on any atom is -0.374 e. The summed E-state index contributed by atoms with van der Waals surface area (Å²) in [7, 11) is 0. The summed E-state index contributed by atoms with van der Waals surface area (Å²) < 4.78 is 5.75. The predicted octanol–water partition coefficient (Wildman–Crippen LogP) is 1.71. The van der Waals surface area contributed by atoms with Crippen LogP contribution in [0.1, 0.15) is 44.9 Å². The van der Waals surface area contributed by atoms with Gasteiger partial charge in [0.2, 0.25) is 5.91 Å². The molecule has 0 spiro atoms. The number of morpholine rings is 1. The third kappa shape index (κ3) is 3.06. The molecular weight excluding hydrogens is 264 g/mol. The van der Waals surface area contributed by atoms with Gasteiger partial charge in [0.1, 0.15) is 0 Å². The fraction of sp³-hybridized carbons (Fsp3) is 0.929. The number of nitrogens with two attached hydrogens (primary N) is 1. The molecule has 1 aliphatic heterocycles. The van der Waals surface area contributed by atoms with Gasteiger partial charge in [-0.15, -0.1) is 12.4 Å². The lowest BCUT2D eigenvalue weighted by Gasteiger charge is -2.38. The van der Waals surface area contributed by atoms with E-state index in [4.69, 9.17) is 10.5 Å². The Morgan fingerprint density at radius 2 is 2.00 bits per heavy atom. The second-order valence-electron chi connectivity index (χ2n) is 6.05. The molecule has 0 radical (unpaired) electrons. The Kier molecular flexibility index (Phi) is 5.09. The maximum Gasteiger partial charge on any atom is 0.223 e. The Bertz CT molecular complexity index is 327. The van der Waals surface area contributed by atoms with Gasteiger partial charge in [-0.2, -0.15) is 0 Å². The molecule has 2 N–H and O–H groups in total. The Balaban J connectivity index is 0.00000133. The number of hydrogen-bond donors (Lipinski definition) is 1. The highest BCUT2D eigenvalue weighted by Crippen LogP contribution is 2.32. The lowest BCUT2D eigenvalue weighted by Crippen LogP contribution is -2.51. The van der Waals surface area contributed by atoms with Gasteiger partial charge in [-0.3, -0.25) is 4.79 Å². The first-order valence-electron chi connectivity index (χ1n) is 7.42. The average Bonchev–Trinajstić information content (AvgIpc) is 2.98. The van der Waals surface area contributed by atoms with Crippen LogP contribution in [0.25, 0.3) is 0 Å². The van der Waals surface area contributed by atoms with E-state index in [1.165, 1.54) is 12.8 Å². The molecule has 5 heteroatoms. The van der Waals surface area contributed by atoms with Crippen LogP contribution in [0, 0.1) is 5.92 Å². The van der Waals surface area contributed by atoms with E-state index in [0.717, 1.165) is 32.2 Å². The number of carbonyl (C=O) groups is 1. The molecule has 1 saturated heterocycles. The number of ether oxygens (including phenoxy) is 1. The highest BCUT2D eigenvalue weighted by atomic mass is 35.5. The van der Waals surface area contributed by atoms with E-state index in [0.29, 0.717) is 37.0 Å². The van der Waals surface area contributed by atoms with Gasteiger partial charge in [-0.1, -0.05) is 6.42 Å². The molecule has 4 atom stereocenters. The van der Waals surface area contributed by atoms with Crippen molar-refractivity contribution >= 4 is 18.3 Å². The summed E-state index contributed by atoms with van der Waals surface area (Å²) in [6.07, 6.45) is 7.81. The molecule has 0 bridgehead atoms. The molecule has 0 aromatic heterocycles. The van der Waals surface area contributed by atoms with Crippen molar-refractivity contribution in [3.8, 4) is 0 Å². The quantitative estimate of drug-likeness (QED) is 0.841. The van der Waals surface area contributed by atoms with E-state index < -0.39 is 0 Å². The van der Waals surface area contributed by atoms with Crippen LogP contribution in [0.5, 0.6) is 0 Å². The molecule has 2 saturated carbocycles. The first-order chi connectivity index (χ1) is 8.75. The summed E-state index contributed by atoms with van der Waals surface area (Å²) in [5.74, 6) is 0.734. The number of hydrogen-bond acceptors (Lipinski definition) is 3. The van der Waals surface area contributed by atoms with Gasteiger partial charge in [-0.25, -0.2) is 0 Å². The monoisotopic (exact) mass is 288 g/mol. The second kappa shape index (κ2) is 6.42. The molecule has 3 fully saturated rings. The van der Waals surface area contributed by atoms with Gasteiger partial charge < -0.3 is 15.4 Å². The highest BCUT2D eigenvalue weighted by Gasteiger charge is 2.39. The van der Waals surface area contributed by atoms with Crippen molar-refractivity contribution in [3.05, 3.63) is 0 Å².